The maximum absolute atomic E-state index is 8.55. The normalized spacial score (nSPS) is 8.43. The Morgan fingerprint density at radius 2 is 1.14 bits per heavy atom. The van der Waals surface area contributed by atoms with Gasteiger partial charge in [0, 0.05) is 0 Å². The third kappa shape index (κ3) is 70.8. The van der Waals surface area contributed by atoms with Crippen molar-refractivity contribution in [2.75, 3.05) is 0 Å². The largest absolute Gasteiger partial charge is 2.00 e. The van der Waals surface area contributed by atoms with Crippen molar-refractivity contribution in [1.82, 2.24) is 0 Å². The molecule has 0 amide bonds. The van der Waals surface area contributed by atoms with E-state index in [4.69, 9.17) is 19.2 Å². The van der Waals surface area contributed by atoms with Gasteiger partial charge in [0.2, 0.25) is 0 Å². The van der Waals surface area contributed by atoms with E-state index in [9.17, 15) is 0 Å². The fraction of sp³-hybridized carbons (Fsp3) is 0. The van der Waals surface area contributed by atoms with E-state index in [1.807, 2.05) is 0 Å². The van der Waals surface area contributed by atoms with E-state index in [1.165, 1.54) is 0 Å². The smallest absolute Gasteiger partial charge is 0.822 e. The molecule has 4 nitrogen and oxygen atoms in total. The van der Waals surface area contributed by atoms with Crippen molar-refractivity contribution in [1.29, 1.82) is 0 Å². The molecule has 32 valence electrons. The predicted octanol–water partition coefficient (Wildman–Crippen LogP) is -5.82. The maximum atomic E-state index is 8.55. The molecule has 0 aliphatic heterocycles. The van der Waals surface area contributed by atoms with E-state index < -0.39 is 7.82 Å². The summed E-state index contributed by atoms with van der Waals surface area (Å²) < 4.78 is 8.55. The second-order valence-electron chi connectivity index (χ2n) is 0.447. The summed E-state index contributed by atoms with van der Waals surface area (Å²) in [5.74, 6) is 0. The number of phosphoric acid groups is 1. The number of rotatable bonds is 0. The first kappa shape index (κ1) is 16.0. The van der Waals surface area contributed by atoms with Crippen molar-refractivity contribution in [3.05, 3.63) is 0 Å². The van der Waals surface area contributed by atoms with Gasteiger partial charge >= 0.3 is 56.9 Å². The molecule has 0 aromatic heterocycles. The summed E-state index contributed by atoms with van der Waals surface area (Å²) in [7, 11) is -5.39. The second kappa shape index (κ2) is 6.16. The predicted molar refractivity (Wildman–Crippen MR) is 7.61 cm³/mol. The summed E-state index contributed by atoms with van der Waals surface area (Å²) in [4.78, 5) is 25.6. The molecule has 0 heterocycles. The van der Waals surface area contributed by atoms with Crippen LogP contribution in [0.5, 0.6) is 0 Å². The molecule has 0 atom stereocenters. The van der Waals surface area contributed by atoms with Gasteiger partial charge in [-0.2, -0.15) is 7.82 Å². The summed E-state index contributed by atoms with van der Waals surface area (Å²) in [6.07, 6.45) is 0. The van der Waals surface area contributed by atoms with E-state index in [2.05, 4.69) is 0 Å². The molecule has 0 aromatic carbocycles. The van der Waals surface area contributed by atoms with Crippen LogP contribution in [0.25, 0.3) is 0 Å². The fourth-order valence-electron chi connectivity index (χ4n) is 0. The van der Waals surface area contributed by atoms with Crippen LogP contribution in [0.2, 0.25) is 0 Å². The first-order valence-corrected chi connectivity index (χ1v) is 2.19. The zero-order valence-electron chi connectivity index (χ0n) is 3.79. The molecule has 0 saturated carbocycles. The Labute approximate surface area is 83.0 Å². The van der Waals surface area contributed by atoms with Gasteiger partial charge in [-0.05, 0) is 0 Å². The van der Waals surface area contributed by atoms with Gasteiger partial charge in [0.1, 0.15) is 0 Å². The maximum Gasteiger partial charge on any atom is 2.00 e. The first-order valence-electron chi connectivity index (χ1n) is 0.730. The van der Waals surface area contributed by atoms with Crippen LogP contribution >= 0.6 is 7.82 Å². The minimum absolute atomic E-state index is 0. The van der Waals surface area contributed by atoms with Crippen LogP contribution in [0.1, 0.15) is 0 Å². The topological polar surface area (TPSA) is 86.2 Å². The molecule has 0 spiro atoms. The van der Waals surface area contributed by atoms with Gasteiger partial charge in [0.05, 0.1) is 0 Å². The van der Waals surface area contributed by atoms with Crippen LogP contribution in [0.15, 0.2) is 0 Å². The summed E-state index contributed by atoms with van der Waals surface area (Å²) in [6, 6.07) is 0. The Bertz CT molecular complexity index is 57.8. The van der Waals surface area contributed by atoms with Gasteiger partial charge in [-0.25, -0.2) is 0 Å². The van der Waals surface area contributed by atoms with E-state index in [0.717, 1.165) is 0 Å². The summed E-state index contributed by atoms with van der Waals surface area (Å²) in [5, 5.41) is 0. The molecule has 0 aliphatic carbocycles. The Hall–Kier alpha value is 2.03. The Balaban J connectivity index is -0.0000000800. The molecule has 0 fully saturated rings. The molecule has 0 rings (SSSR count). The average molecular weight is 230 g/mol. The van der Waals surface area contributed by atoms with Crippen LogP contribution < -0.4 is 44.2 Å². The summed E-state index contributed by atoms with van der Waals surface area (Å²) >= 11 is 0. The minimum atomic E-state index is -5.39. The van der Waals surface area contributed by atoms with Crippen LogP contribution in [-0.4, -0.2) is 0 Å². The Morgan fingerprint density at radius 1 is 1.14 bits per heavy atom. The van der Waals surface area contributed by atoms with E-state index in [1.54, 1.807) is 0 Å². The van der Waals surface area contributed by atoms with Crippen LogP contribution in [0.4, 0.5) is 0 Å². The first-order chi connectivity index (χ1) is 2.00. The quantitative estimate of drug-likeness (QED) is 0.306. The van der Waals surface area contributed by atoms with Gasteiger partial charge in [0.15, 0.2) is 0 Å². The molecule has 7 heteroatoms. The summed E-state index contributed by atoms with van der Waals surface area (Å²) in [6.45, 7) is 0. The molecule has 0 unspecified atom stereocenters. The van der Waals surface area contributed by atoms with Crippen LogP contribution in [-0.2, 0) is 31.9 Å². The Kier molecular flexibility index (Phi) is 14.1. The molecular formula is CdNaO4P. The van der Waals surface area contributed by atoms with E-state index in [0.29, 0.717) is 0 Å². The van der Waals surface area contributed by atoms with Crippen molar-refractivity contribution in [2.24, 2.45) is 0 Å². The van der Waals surface area contributed by atoms with Gasteiger partial charge in [0.25, 0.3) is 0 Å². The average Bonchev–Trinajstić information content (AvgIpc) is 0.722. The van der Waals surface area contributed by atoms with Crippen molar-refractivity contribution in [3.63, 3.8) is 0 Å². The fourth-order valence-corrected chi connectivity index (χ4v) is 0. The minimum Gasteiger partial charge on any atom is -0.822 e. The zero-order valence-corrected chi connectivity index (χ0v) is 10.7. The van der Waals surface area contributed by atoms with Gasteiger partial charge in [-0.15, -0.1) is 0 Å². The Morgan fingerprint density at radius 3 is 1.14 bits per heavy atom. The van der Waals surface area contributed by atoms with Crippen LogP contribution in [0, 0.1) is 0 Å². The van der Waals surface area contributed by atoms with Gasteiger partial charge in [-0.3, -0.25) is 0 Å². The molecule has 0 saturated heterocycles. The van der Waals surface area contributed by atoms with Crippen molar-refractivity contribution in [2.45, 2.75) is 0 Å². The van der Waals surface area contributed by atoms with E-state index >= 15 is 0 Å². The number of hydrogen-bond donors (Lipinski definition) is 0. The summed E-state index contributed by atoms with van der Waals surface area (Å²) in [5.41, 5.74) is 0. The van der Waals surface area contributed by atoms with Gasteiger partial charge < -0.3 is 19.2 Å². The van der Waals surface area contributed by atoms with Crippen molar-refractivity contribution in [3.8, 4) is 0 Å². The molecule has 7 heavy (non-hydrogen) atoms. The third-order valence-corrected chi connectivity index (χ3v) is 0. The second-order valence-corrected chi connectivity index (χ2v) is 1.34. The number of hydrogen-bond acceptors (Lipinski definition) is 4. The molecule has 0 aromatic rings. The third-order valence-electron chi connectivity index (χ3n) is 0. The molecular weight excluding hydrogens is 230 g/mol. The van der Waals surface area contributed by atoms with E-state index in [-0.39, 0.29) is 56.9 Å². The van der Waals surface area contributed by atoms with Crippen LogP contribution in [0.3, 0.4) is 0 Å². The molecule has 0 N–H and O–H groups in total. The standard InChI is InChI=1S/Cd.Na.H3O4P/c;;1-5(2,3)4/h;;(H3,1,2,3,4)/q+2;+1;/p-3. The monoisotopic (exact) mass is 232 g/mol. The SMILES string of the molecule is O=P([O-])([O-])[O-].[Cd+2].[Na+]. The van der Waals surface area contributed by atoms with Crippen molar-refractivity contribution >= 4 is 7.82 Å². The molecule has 0 radical (unpaired) electrons. The molecule has 0 bridgehead atoms. The zero-order chi connectivity index (χ0) is 4.50. The van der Waals surface area contributed by atoms with Crippen molar-refractivity contribution < 1.29 is 76.1 Å². The molecule has 0 aliphatic rings. The van der Waals surface area contributed by atoms with Gasteiger partial charge in [-0.1, -0.05) is 0 Å².